The van der Waals surface area contributed by atoms with E-state index in [1.165, 1.54) is 6.07 Å². The fourth-order valence-corrected chi connectivity index (χ4v) is 3.69. The van der Waals surface area contributed by atoms with E-state index in [9.17, 15) is 4.39 Å². The average molecular weight is 293 g/mol. The Balaban J connectivity index is 2.21. The molecule has 0 aliphatic carbocycles. The van der Waals surface area contributed by atoms with Crippen LogP contribution in [0.25, 0.3) is 0 Å². The number of nitrogens with one attached hydrogen (secondary N) is 1. The van der Waals surface area contributed by atoms with Crippen LogP contribution in [0.1, 0.15) is 38.8 Å². The number of aryl methyl sites for hydroxylation is 1. The molecule has 1 aliphatic heterocycles. The second-order valence-corrected chi connectivity index (χ2v) is 6.42. The summed E-state index contributed by atoms with van der Waals surface area (Å²) in [4.78, 5) is 0. The van der Waals surface area contributed by atoms with Gasteiger partial charge in [-0.1, -0.05) is 19.9 Å². The molecule has 0 amide bonds. The number of hydrogen-bond acceptors (Lipinski definition) is 2. The fourth-order valence-electron chi connectivity index (χ4n) is 3.69. The third-order valence-corrected chi connectivity index (χ3v) is 5.00. The lowest BCUT2D eigenvalue weighted by molar-refractivity contribution is 0.0476. The summed E-state index contributed by atoms with van der Waals surface area (Å²) in [6, 6.07) is 5.40. The van der Waals surface area contributed by atoms with Crippen molar-refractivity contribution < 1.29 is 9.13 Å². The Bertz CT molecular complexity index is 476. The van der Waals surface area contributed by atoms with Gasteiger partial charge in [0.2, 0.25) is 0 Å². The van der Waals surface area contributed by atoms with Crippen LogP contribution in [-0.4, -0.2) is 24.8 Å². The van der Waals surface area contributed by atoms with Crippen LogP contribution in [0.3, 0.4) is 0 Å². The number of hydrogen-bond donors (Lipinski definition) is 1. The Labute approximate surface area is 128 Å². The first kappa shape index (κ1) is 16.4. The zero-order valence-corrected chi connectivity index (χ0v) is 13.8. The summed E-state index contributed by atoms with van der Waals surface area (Å²) in [6.07, 6.45) is 1.39. The molecule has 2 nitrogen and oxygen atoms in total. The van der Waals surface area contributed by atoms with E-state index in [1.807, 2.05) is 6.07 Å². The van der Waals surface area contributed by atoms with Gasteiger partial charge >= 0.3 is 0 Å². The third kappa shape index (κ3) is 3.64. The van der Waals surface area contributed by atoms with E-state index in [0.717, 1.165) is 24.1 Å². The predicted octanol–water partition coefficient (Wildman–Crippen LogP) is 3.71. The maximum Gasteiger partial charge on any atom is 0.123 e. The number of rotatable bonds is 5. The predicted molar refractivity (Wildman–Crippen MR) is 85.0 cm³/mol. The molecule has 1 aromatic rings. The van der Waals surface area contributed by atoms with Crippen LogP contribution in [0.15, 0.2) is 18.2 Å². The van der Waals surface area contributed by atoms with E-state index in [4.69, 9.17) is 4.74 Å². The van der Waals surface area contributed by atoms with Crippen molar-refractivity contribution in [1.82, 2.24) is 5.32 Å². The van der Waals surface area contributed by atoms with Gasteiger partial charge in [0.1, 0.15) is 5.82 Å². The van der Waals surface area contributed by atoms with Gasteiger partial charge < -0.3 is 10.1 Å². The molecular weight excluding hydrogens is 265 g/mol. The molecule has 1 N–H and O–H groups in total. The highest BCUT2D eigenvalue weighted by atomic mass is 19.1. The van der Waals surface area contributed by atoms with Crippen molar-refractivity contribution in [2.24, 2.45) is 11.8 Å². The zero-order valence-electron chi connectivity index (χ0n) is 13.8. The third-order valence-electron chi connectivity index (χ3n) is 5.00. The topological polar surface area (TPSA) is 21.3 Å². The van der Waals surface area contributed by atoms with Crippen LogP contribution in [-0.2, 0) is 11.2 Å². The molecule has 21 heavy (non-hydrogen) atoms. The van der Waals surface area contributed by atoms with E-state index in [-0.39, 0.29) is 11.9 Å². The van der Waals surface area contributed by atoms with Crippen LogP contribution < -0.4 is 5.32 Å². The van der Waals surface area contributed by atoms with E-state index < -0.39 is 0 Å². The van der Waals surface area contributed by atoms with Crippen molar-refractivity contribution in [3.05, 3.63) is 35.1 Å². The van der Waals surface area contributed by atoms with Crippen molar-refractivity contribution >= 4 is 0 Å². The molecule has 0 spiro atoms. The molecule has 1 saturated heterocycles. The maximum atomic E-state index is 13.5. The number of likely N-dealkylation sites (N-methyl/N-ethyl adjacent to an activating group) is 1. The molecule has 118 valence electrons. The highest BCUT2D eigenvalue weighted by molar-refractivity contribution is 5.27. The molecule has 0 bridgehead atoms. The van der Waals surface area contributed by atoms with Gasteiger partial charge in [-0.15, -0.1) is 0 Å². The summed E-state index contributed by atoms with van der Waals surface area (Å²) >= 11 is 0. The molecule has 1 fully saturated rings. The van der Waals surface area contributed by atoms with Crippen molar-refractivity contribution in [2.75, 3.05) is 6.54 Å². The summed E-state index contributed by atoms with van der Waals surface area (Å²) in [5.74, 6) is 0.823. The van der Waals surface area contributed by atoms with Gasteiger partial charge in [0.05, 0.1) is 12.2 Å². The molecule has 0 aromatic heterocycles. The quantitative estimate of drug-likeness (QED) is 0.893. The first-order valence-corrected chi connectivity index (χ1v) is 8.07. The molecule has 1 aliphatic rings. The Hall–Kier alpha value is -0.930. The van der Waals surface area contributed by atoms with Crippen LogP contribution >= 0.6 is 0 Å². The lowest BCUT2D eigenvalue weighted by Gasteiger charge is -2.30. The standard InChI is InChI=1S/C18H28FNO/c1-6-20-17(18-12(3)13(4)21-14(18)5)10-15-9-16(19)8-7-11(15)2/h7-9,12-14,17-18,20H,6,10H2,1-5H3. The number of benzene rings is 1. The first-order valence-electron chi connectivity index (χ1n) is 8.07. The Morgan fingerprint density at radius 3 is 2.52 bits per heavy atom. The second-order valence-electron chi connectivity index (χ2n) is 6.42. The lowest BCUT2D eigenvalue weighted by atomic mass is 9.80. The van der Waals surface area contributed by atoms with E-state index in [1.54, 1.807) is 6.07 Å². The van der Waals surface area contributed by atoms with E-state index in [2.05, 4.69) is 39.9 Å². The van der Waals surface area contributed by atoms with Gasteiger partial charge in [0.15, 0.2) is 0 Å². The Morgan fingerprint density at radius 2 is 1.95 bits per heavy atom. The maximum absolute atomic E-state index is 13.5. The minimum absolute atomic E-state index is 0.150. The van der Waals surface area contributed by atoms with Gasteiger partial charge in [-0.05, 0) is 62.9 Å². The average Bonchev–Trinajstić information content (AvgIpc) is 2.67. The van der Waals surface area contributed by atoms with Crippen LogP contribution in [0, 0.1) is 24.6 Å². The SMILES string of the molecule is CCNC(Cc1cc(F)ccc1C)C1C(C)OC(C)C1C. The van der Waals surface area contributed by atoms with Crippen molar-refractivity contribution in [3.8, 4) is 0 Å². The molecular formula is C18H28FNO. The van der Waals surface area contributed by atoms with Crippen molar-refractivity contribution in [2.45, 2.75) is 59.3 Å². The van der Waals surface area contributed by atoms with Crippen LogP contribution in [0.5, 0.6) is 0 Å². The summed E-state index contributed by atoms with van der Waals surface area (Å²) in [7, 11) is 0. The summed E-state index contributed by atoms with van der Waals surface area (Å²) in [5.41, 5.74) is 2.26. The summed E-state index contributed by atoms with van der Waals surface area (Å²) < 4.78 is 19.5. The highest BCUT2D eigenvalue weighted by Gasteiger charge is 2.41. The normalized spacial score (nSPS) is 30.6. The Morgan fingerprint density at radius 1 is 1.24 bits per heavy atom. The Kier molecular flexibility index (Phi) is 5.39. The smallest absolute Gasteiger partial charge is 0.123 e. The van der Waals surface area contributed by atoms with Crippen molar-refractivity contribution in [3.63, 3.8) is 0 Å². The lowest BCUT2D eigenvalue weighted by Crippen LogP contribution is -2.43. The van der Waals surface area contributed by atoms with Gasteiger partial charge in [-0.3, -0.25) is 0 Å². The van der Waals surface area contributed by atoms with Crippen LogP contribution in [0.2, 0.25) is 0 Å². The monoisotopic (exact) mass is 293 g/mol. The first-order chi connectivity index (χ1) is 9.93. The molecule has 3 heteroatoms. The molecule has 2 rings (SSSR count). The van der Waals surface area contributed by atoms with Gasteiger partial charge in [-0.2, -0.15) is 0 Å². The number of halogens is 1. The van der Waals surface area contributed by atoms with Gasteiger partial charge in [0.25, 0.3) is 0 Å². The summed E-state index contributed by atoms with van der Waals surface area (Å²) in [6.45, 7) is 11.7. The van der Waals surface area contributed by atoms with E-state index in [0.29, 0.717) is 24.0 Å². The molecule has 5 atom stereocenters. The molecule has 1 aromatic carbocycles. The molecule has 5 unspecified atom stereocenters. The number of ether oxygens (including phenoxy) is 1. The van der Waals surface area contributed by atoms with Gasteiger partial charge in [0, 0.05) is 12.0 Å². The van der Waals surface area contributed by atoms with Gasteiger partial charge in [-0.25, -0.2) is 4.39 Å². The largest absolute Gasteiger partial charge is 0.375 e. The van der Waals surface area contributed by atoms with E-state index >= 15 is 0 Å². The fraction of sp³-hybridized carbons (Fsp3) is 0.667. The zero-order chi connectivity index (χ0) is 15.6. The minimum Gasteiger partial charge on any atom is -0.375 e. The molecule has 0 radical (unpaired) electrons. The molecule has 0 saturated carbocycles. The molecule has 1 heterocycles. The highest BCUT2D eigenvalue weighted by Crippen LogP contribution is 2.35. The van der Waals surface area contributed by atoms with Crippen LogP contribution in [0.4, 0.5) is 4.39 Å². The van der Waals surface area contributed by atoms with Crippen molar-refractivity contribution in [1.29, 1.82) is 0 Å². The summed E-state index contributed by atoms with van der Waals surface area (Å²) in [5, 5.41) is 3.60. The second kappa shape index (κ2) is 6.89. The minimum atomic E-state index is -0.150.